The van der Waals surface area contributed by atoms with E-state index in [-0.39, 0.29) is 23.8 Å². The van der Waals surface area contributed by atoms with E-state index in [4.69, 9.17) is 11.5 Å². The summed E-state index contributed by atoms with van der Waals surface area (Å²) in [7, 11) is 0. The summed E-state index contributed by atoms with van der Waals surface area (Å²) in [6.07, 6.45) is 5.01. The standard InChI is InChI=1S/C29H32N8O3/c30-16-19-3-7-22(8-4-19)28(39)37(24-12-9-21(10-13-24)27-33-35-36-34-27)29(40)25(31)15-18-1-5-20(6-2-18)23-11-14-26(38)32-17-23/h1-2,5-6,9-14,17,19,22,25H,3-4,7-8,15-16,30-31H2,(H,32,38)(H,33,34,35,36)/t19?,22?,25-/m0/s1. The Hall–Kier alpha value is -4.48. The van der Waals surface area contributed by atoms with Crippen molar-refractivity contribution in [2.24, 2.45) is 23.3 Å². The largest absolute Gasteiger partial charge is 0.330 e. The minimum Gasteiger partial charge on any atom is -0.330 e. The minimum atomic E-state index is -0.930. The zero-order valence-corrected chi connectivity index (χ0v) is 22.0. The zero-order valence-electron chi connectivity index (χ0n) is 22.0. The lowest BCUT2D eigenvalue weighted by molar-refractivity contribution is -0.130. The van der Waals surface area contributed by atoms with Gasteiger partial charge in [-0.2, -0.15) is 5.21 Å². The molecule has 0 bridgehead atoms. The molecule has 11 heteroatoms. The number of tetrazole rings is 1. The summed E-state index contributed by atoms with van der Waals surface area (Å²) >= 11 is 0. The van der Waals surface area contributed by atoms with Gasteiger partial charge in [0.15, 0.2) is 0 Å². The van der Waals surface area contributed by atoms with E-state index in [1.807, 2.05) is 24.3 Å². The van der Waals surface area contributed by atoms with E-state index < -0.39 is 11.9 Å². The van der Waals surface area contributed by atoms with Crippen LogP contribution >= 0.6 is 0 Å². The second-order valence-corrected chi connectivity index (χ2v) is 10.2. The molecule has 1 aliphatic carbocycles. The molecule has 11 nitrogen and oxygen atoms in total. The van der Waals surface area contributed by atoms with Gasteiger partial charge in [-0.3, -0.25) is 14.4 Å². The third-order valence-corrected chi connectivity index (χ3v) is 7.54. The molecule has 1 fully saturated rings. The van der Waals surface area contributed by atoms with Crippen LogP contribution in [-0.4, -0.2) is 50.0 Å². The number of H-pyrrole nitrogens is 2. The van der Waals surface area contributed by atoms with Gasteiger partial charge in [0.25, 0.3) is 5.91 Å². The fourth-order valence-electron chi connectivity index (χ4n) is 5.16. The summed E-state index contributed by atoms with van der Waals surface area (Å²) in [5, 5.41) is 14.0. The fraction of sp³-hybridized carbons (Fsp3) is 0.310. The predicted molar refractivity (Wildman–Crippen MR) is 151 cm³/mol. The lowest BCUT2D eigenvalue weighted by Crippen LogP contribution is -2.50. The molecule has 0 aliphatic heterocycles. The van der Waals surface area contributed by atoms with Crippen LogP contribution in [0.1, 0.15) is 31.2 Å². The molecule has 40 heavy (non-hydrogen) atoms. The van der Waals surface area contributed by atoms with Gasteiger partial charge in [0, 0.05) is 23.7 Å². The number of benzene rings is 2. The first-order valence-corrected chi connectivity index (χ1v) is 13.4. The van der Waals surface area contributed by atoms with Crippen molar-refractivity contribution >= 4 is 17.5 Å². The van der Waals surface area contributed by atoms with Crippen LogP contribution in [0.4, 0.5) is 5.69 Å². The van der Waals surface area contributed by atoms with E-state index in [2.05, 4.69) is 25.6 Å². The number of hydrogen-bond donors (Lipinski definition) is 4. The summed E-state index contributed by atoms with van der Waals surface area (Å²) in [6.45, 7) is 0.604. The van der Waals surface area contributed by atoms with E-state index >= 15 is 0 Å². The summed E-state index contributed by atoms with van der Waals surface area (Å²) in [5.74, 6) is -0.145. The first kappa shape index (κ1) is 27.1. The number of hydrogen-bond acceptors (Lipinski definition) is 8. The van der Waals surface area contributed by atoms with Crippen LogP contribution in [0.15, 0.2) is 71.7 Å². The number of carbonyl (C=O) groups is 2. The molecule has 0 unspecified atom stereocenters. The molecule has 2 aromatic heterocycles. The third-order valence-electron chi connectivity index (χ3n) is 7.54. The molecule has 0 radical (unpaired) electrons. The second-order valence-electron chi connectivity index (χ2n) is 10.2. The van der Waals surface area contributed by atoms with Crippen molar-refractivity contribution in [3.05, 3.63) is 82.8 Å². The number of carbonyl (C=O) groups excluding carboxylic acids is 2. The van der Waals surface area contributed by atoms with Crippen LogP contribution in [0.3, 0.4) is 0 Å². The molecule has 2 amide bonds. The molecule has 5 rings (SSSR count). The van der Waals surface area contributed by atoms with Crippen molar-refractivity contribution in [1.82, 2.24) is 25.6 Å². The number of pyridine rings is 1. The van der Waals surface area contributed by atoms with Crippen molar-refractivity contribution in [3.63, 3.8) is 0 Å². The minimum absolute atomic E-state index is 0.166. The number of anilines is 1. The van der Waals surface area contributed by atoms with E-state index in [0.717, 1.165) is 29.5 Å². The molecule has 4 aromatic rings. The Labute approximate surface area is 231 Å². The summed E-state index contributed by atoms with van der Waals surface area (Å²) in [5.41, 5.74) is 15.9. The summed E-state index contributed by atoms with van der Waals surface area (Å²) in [4.78, 5) is 42.8. The molecule has 0 spiro atoms. The van der Waals surface area contributed by atoms with Gasteiger partial charge in [0.2, 0.25) is 17.3 Å². The van der Waals surface area contributed by atoms with Gasteiger partial charge < -0.3 is 16.5 Å². The first-order chi connectivity index (χ1) is 19.4. The van der Waals surface area contributed by atoms with Crippen LogP contribution in [-0.2, 0) is 16.0 Å². The average Bonchev–Trinajstić information content (AvgIpc) is 3.54. The van der Waals surface area contributed by atoms with Crippen LogP contribution < -0.4 is 21.9 Å². The molecule has 1 atom stereocenters. The van der Waals surface area contributed by atoms with E-state index in [9.17, 15) is 14.4 Å². The highest BCUT2D eigenvalue weighted by Gasteiger charge is 2.35. The number of imide groups is 1. The second kappa shape index (κ2) is 12.1. The quantitative estimate of drug-likeness (QED) is 0.263. The number of nitrogens with two attached hydrogens (primary N) is 2. The average molecular weight is 541 g/mol. The highest BCUT2D eigenvalue weighted by Crippen LogP contribution is 2.32. The lowest BCUT2D eigenvalue weighted by atomic mass is 9.81. The highest BCUT2D eigenvalue weighted by molar-refractivity contribution is 6.17. The van der Waals surface area contributed by atoms with E-state index in [0.29, 0.717) is 42.4 Å². The molecule has 1 saturated carbocycles. The van der Waals surface area contributed by atoms with Crippen molar-refractivity contribution in [2.75, 3.05) is 11.4 Å². The lowest BCUT2D eigenvalue weighted by Gasteiger charge is -2.32. The molecule has 2 heterocycles. The van der Waals surface area contributed by atoms with E-state index in [1.165, 1.54) is 11.0 Å². The molecule has 206 valence electrons. The van der Waals surface area contributed by atoms with Crippen LogP contribution in [0.25, 0.3) is 22.5 Å². The summed E-state index contributed by atoms with van der Waals surface area (Å²) < 4.78 is 0. The maximum absolute atomic E-state index is 13.8. The smallest absolute Gasteiger partial charge is 0.251 e. The van der Waals surface area contributed by atoms with Gasteiger partial charge in [0.1, 0.15) is 0 Å². The Bertz CT molecular complexity index is 1470. The van der Waals surface area contributed by atoms with Gasteiger partial charge in [-0.15, -0.1) is 10.2 Å². The number of aromatic amines is 2. The number of nitrogens with one attached hydrogen (secondary N) is 2. The van der Waals surface area contributed by atoms with E-state index in [1.54, 1.807) is 36.5 Å². The van der Waals surface area contributed by atoms with Crippen molar-refractivity contribution < 1.29 is 9.59 Å². The monoisotopic (exact) mass is 540 g/mol. The predicted octanol–water partition coefficient (Wildman–Crippen LogP) is 2.42. The number of aromatic nitrogens is 5. The Morgan fingerprint density at radius 2 is 1.60 bits per heavy atom. The zero-order chi connectivity index (χ0) is 28.1. The van der Waals surface area contributed by atoms with Crippen LogP contribution in [0.5, 0.6) is 0 Å². The molecule has 1 aliphatic rings. The maximum atomic E-state index is 13.8. The number of rotatable bonds is 8. The normalized spacial score (nSPS) is 17.8. The Kier molecular flexibility index (Phi) is 8.23. The topological polar surface area (TPSA) is 177 Å². The number of amides is 2. The van der Waals surface area contributed by atoms with Gasteiger partial charge in [-0.1, -0.05) is 24.3 Å². The fourth-order valence-corrected chi connectivity index (χ4v) is 5.16. The molecular weight excluding hydrogens is 508 g/mol. The SMILES string of the molecule is NCC1CCC(C(=O)N(C(=O)[C@@H](N)Cc2ccc(-c3ccc(=O)[nH]c3)cc2)c2ccc(-c3nn[nH]n3)cc2)CC1. The molecule has 0 saturated heterocycles. The maximum Gasteiger partial charge on any atom is 0.251 e. The number of nitrogens with zero attached hydrogens (tertiary/aromatic N) is 4. The van der Waals surface area contributed by atoms with Crippen molar-refractivity contribution in [1.29, 1.82) is 0 Å². The molecule has 2 aromatic carbocycles. The van der Waals surface area contributed by atoms with Gasteiger partial charge >= 0.3 is 0 Å². The molecular formula is C29H32N8O3. The Balaban J connectivity index is 1.35. The molecule has 6 N–H and O–H groups in total. The van der Waals surface area contributed by atoms with Gasteiger partial charge in [0.05, 0.1) is 11.7 Å². The van der Waals surface area contributed by atoms with Gasteiger partial charge in [-0.25, -0.2) is 4.90 Å². The van der Waals surface area contributed by atoms with Crippen molar-refractivity contribution in [3.8, 4) is 22.5 Å². The Morgan fingerprint density at radius 3 is 2.20 bits per heavy atom. The van der Waals surface area contributed by atoms with Gasteiger partial charge in [-0.05, 0) is 96.8 Å². The third kappa shape index (κ3) is 6.05. The van der Waals surface area contributed by atoms with Crippen LogP contribution in [0.2, 0.25) is 0 Å². The summed E-state index contributed by atoms with van der Waals surface area (Å²) in [6, 6.07) is 16.8. The highest BCUT2D eigenvalue weighted by atomic mass is 16.2. The Morgan fingerprint density at radius 1 is 0.925 bits per heavy atom. The van der Waals surface area contributed by atoms with Crippen molar-refractivity contribution in [2.45, 2.75) is 38.1 Å². The first-order valence-electron chi connectivity index (χ1n) is 13.4. The van der Waals surface area contributed by atoms with Crippen LogP contribution in [0, 0.1) is 11.8 Å².